The van der Waals surface area contributed by atoms with Crippen LogP contribution in [0.4, 0.5) is 16.4 Å². The van der Waals surface area contributed by atoms with Crippen molar-refractivity contribution < 1.29 is 19.1 Å². The highest BCUT2D eigenvalue weighted by molar-refractivity contribution is 6.02. The summed E-state index contributed by atoms with van der Waals surface area (Å²) < 4.78 is 5.82. The van der Waals surface area contributed by atoms with Gasteiger partial charge in [0.05, 0.1) is 5.69 Å². The van der Waals surface area contributed by atoms with E-state index in [1.54, 1.807) is 65.8 Å². The molecule has 4 amide bonds. The average molecular weight is 413 g/mol. The lowest BCUT2D eigenvalue weighted by Crippen LogP contribution is -2.41. The summed E-state index contributed by atoms with van der Waals surface area (Å²) in [5.74, 6) is 0.904. The maximum atomic E-state index is 12.0. The van der Waals surface area contributed by atoms with Crippen molar-refractivity contribution in [1.29, 1.82) is 0 Å². The second kappa shape index (κ2) is 9.34. The van der Waals surface area contributed by atoms with Crippen LogP contribution in [0.15, 0.2) is 30.5 Å². The van der Waals surface area contributed by atoms with Gasteiger partial charge >= 0.3 is 6.03 Å². The molecule has 0 radical (unpaired) electrons. The van der Waals surface area contributed by atoms with Crippen LogP contribution in [0.1, 0.15) is 40.3 Å². The van der Waals surface area contributed by atoms with E-state index in [-0.39, 0.29) is 17.6 Å². The van der Waals surface area contributed by atoms with Crippen LogP contribution in [0, 0.1) is 18.3 Å². The van der Waals surface area contributed by atoms with Crippen molar-refractivity contribution in [3.8, 4) is 11.5 Å². The van der Waals surface area contributed by atoms with Gasteiger partial charge in [0.25, 0.3) is 0 Å². The Bertz CT molecular complexity index is 951. The number of nitrogens with zero attached hydrogens (tertiary/aromatic N) is 2. The molecule has 0 saturated heterocycles. The number of aromatic nitrogens is 2. The fourth-order valence-corrected chi connectivity index (χ4v) is 2.10. The molecule has 0 spiro atoms. The van der Waals surface area contributed by atoms with Gasteiger partial charge in [-0.3, -0.25) is 20.2 Å². The maximum Gasteiger partial charge on any atom is 0.327 e. The van der Waals surface area contributed by atoms with E-state index in [9.17, 15) is 14.4 Å². The monoisotopic (exact) mass is 413 g/mol. The number of anilines is 2. The van der Waals surface area contributed by atoms with Gasteiger partial charge in [0.2, 0.25) is 11.8 Å². The standard InChI is InChI=1S/C21H27N5O4/c1-12(2)18(27)24-17-11-14(9-10-22-17)30-15-7-8-16(23-13(15)3)25-20(29)26-19(28)21(4,5)6/h7-12H,1-6H3,(H,22,24,27)(H2,23,25,26,28,29). The molecule has 0 bridgehead atoms. The number of ether oxygens (including phenoxy) is 1. The summed E-state index contributed by atoms with van der Waals surface area (Å²) in [4.78, 5) is 44.1. The predicted octanol–water partition coefficient (Wildman–Crippen LogP) is 3.87. The SMILES string of the molecule is Cc1nc(NC(=O)NC(=O)C(C)(C)C)ccc1Oc1ccnc(NC(=O)C(C)C)c1. The molecule has 0 atom stereocenters. The second-order valence-corrected chi connectivity index (χ2v) is 8.06. The van der Waals surface area contributed by atoms with E-state index in [0.717, 1.165) is 0 Å². The Morgan fingerprint density at radius 3 is 2.33 bits per heavy atom. The number of urea groups is 1. The van der Waals surface area contributed by atoms with E-state index in [2.05, 4.69) is 25.9 Å². The minimum atomic E-state index is -0.684. The summed E-state index contributed by atoms with van der Waals surface area (Å²) in [5, 5.41) is 7.50. The molecule has 0 fully saturated rings. The van der Waals surface area contributed by atoms with E-state index in [1.807, 2.05) is 0 Å². The van der Waals surface area contributed by atoms with E-state index in [0.29, 0.717) is 23.0 Å². The van der Waals surface area contributed by atoms with Gasteiger partial charge in [-0.15, -0.1) is 0 Å². The van der Waals surface area contributed by atoms with Gasteiger partial charge in [0.1, 0.15) is 23.1 Å². The molecule has 9 heteroatoms. The third-order valence-electron chi connectivity index (χ3n) is 3.92. The lowest BCUT2D eigenvalue weighted by molar-refractivity contribution is -0.127. The van der Waals surface area contributed by atoms with Crippen LogP contribution in [-0.4, -0.2) is 27.8 Å². The first-order valence-corrected chi connectivity index (χ1v) is 9.50. The van der Waals surface area contributed by atoms with Gasteiger partial charge in [-0.05, 0) is 25.1 Å². The molecule has 0 aliphatic rings. The molecule has 9 nitrogen and oxygen atoms in total. The van der Waals surface area contributed by atoms with Crippen LogP contribution in [-0.2, 0) is 9.59 Å². The number of rotatable bonds is 5. The van der Waals surface area contributed by atoms with Gasteiger partial charge in [-0.1, -0.05) is 34.6 Å². The zero-order chi connectivity index (χ0) is 22.5. The number of nitrogens with one attached hydrogen (secondary N) is 3. The molecule has 160 valence electrons. The first kappa shape index (κ1) is 22.8. The number of aryl methyl sites for hydroxylation is 1. The number of amides is 4. The highest BCUT2D eigenvalue weighted by atomic mass is 16.5. The normalized spacial score (nSPS) is 11.0. The average Bonchev–Trinajstić information content (AvgIpc) is 2.63. The van der Waals surface area contributed by atoms with Crippen molar-refractivity contribution in [2.45, 2.75) is 41.5 Å². The lowest BCUT2D eigenvalue weighted by Gasteiger charge is -2.17. The third-order valence-corrected chi connectivity index (χ3v) is 3.92. The summed E-state index contributed by atoms with van der Waals surface area (Å²) in [5.41, 5.74) is -0.157. The summed E-state index contributed by atoms with van der Waals surface area (Å²) in [6, 6.07) is 5.82. The van der Waals surface area contributed by atoms with Crippen LogP contribution >= 0.6 is 0 Å². The Morgan fingerprint density at radius 2 is 1.73 bits per heavy atom. The van der Waals surface area contributed by atoms with Gasteiger partial charge in [-0.2, -0.15) is 0 Å². The smallest absolute Gasteiger partial charge is 0.327 e. The molecule has 0 saturated carbocycles. The highest BCUT2D eigenvalue weighted by Gasteiger charge is 2.23. The first-order chi connectivity index (χ1) is 14.0. The Morgan fingerprint density at radius 1 is 1.03 bits per heavy atom. The van der Waals surface area contributed by atoms with E-state index >= 15 is 0 Å². The third kappa shape index (κ3) is 6.54. The number of carbonyl (C=O) groups excluding carboxylic acids is 3. The van der Waals surface area contributed by atoms with Crippen molar-refractivity contribution in [2.24, 2.45) is 11.3 Å². The van der Waals surface area contributed by atoms with Crippen molar-refractivity contribution in [3.63, 3.8) is 0 Å². The van der Waals surface area contributed by atoms with Crippen molar-refractivity contribution in [2.75, 3.05) is 10.6 Å². The van der Waals surface area contributed by atoms with Gasteiger partial charge < -0.3 is 10.1 Å². The van der Waals surface area contributed by atoms with Crippen LogP contribution < -0.4 is 20.7 Å². The molecule has 3 N–H and O–H groups in total. The Kier molecular flexibility index (Phi) is 7.10. The van der Waals surface area contributed by atoms with Gasteiger partial charge in [0.15, 0.2) is 0 Å². The van der Waals surface area contributed by atoms with Crippen LogP contribution in [0.2, 0.25) is 0 Å². The van der Waals surface area contributed by atoms with Crippen LogP contribution in [0.25, 0.3) is 0 Å². The van der Waals surface area contributed by atoms with E-state index < -0.39 is 17.4 Å². The van der Waals surface area contributed by atoms with Crippen molar-refractivity contribution in [3.05, 3.63) is 36.2 Å². The summed E-state index contributed by atoms with van der Waals surface area (Å²) in [6.07, 6.45) is 1.53. The number of carbonyl (C=O) groups is 3. The fraction of sp³-hybridized carbons (Fsp3) is 0.381. The largest absolute Gasteiger partial charge is 0.455 e. The Hall–Kier alpha value is -3.49. The molecule has 0 aliphatic carbocycles. The quantitative estimate of drug-likeness (QED) is 0.684. The minimum Gasteiger partial charge on any atom is -0.455 e. The summed E-state index contributed by atoms with van der Waals surface area (Å²) in [6.45, 7) is 10.4. The molecule has 2 rings (SSSR count). The Labute approximate surface area is 175 Å². The molecule has 0 aromatic carbocycles. The van der Waals surface area contributed by atoms with Crippen molar-refractivity contribution >= 4 is 29.5 Å². The number of hydrogen-bond acceptors (Lipinski definition) is 6. The van der Waals surface area contributed by atoms with E-state index in [4.69, 9.17) is 4.74 Å². The van der Waals surface area contributed by atoms with Crippen molar-refractivity contribution in [1.82, 2.24) is 15.3 Å². The zero-order valence-electron chi connectivity index (χ0n) is 18.0. The molecule has 2 aromatic rings. The summed E-state index contributed by atoms with van der Waals surface area (Å²) >= 11 is 0. The molecule has 0 unspecified atom stereocenters. The molecule has 0 aliphatic heterocycles. The van der Waals surface area contributed by atoms with E-state index in [1.165, 1.54) is 6.20 Å². The molecule has 2 aromatic heterocycles. The minimum absolute atomic E-state index is 0.142. The van der Waals surface area contributed by atoms with Gasteiger partial charge in [0, 0.05) is 23.6 Å². The first-order valence-electron chi connectivity index (χ1n) is 9.50. The number of imide groups is 1. The van der Waals surface area contributed by atoms with Crippen LogP contribution in [0.3, 0.4) is 0 Å². The predicted molar refractivity (Wildman–Crippen MR) is 113 cm³/mol. The molecule has 30 heavy (non-hydrogen) atoms. The number of pyridine rings is 2. The summed E-state index contributed by atoms with van der Waals surface area (Å²) in [7, 11) is 0. The molecular weight excluding hydrogens is 386 g/mol. The zero-order valence-corrected chi connectivity index (χ0v) is 18.0. The second-order valence-electron chi connectivity index (χ2n) is 8.06. The molecule has 2 heterocycles. The lowest BCUT2D eigenvalue weighted by atomic mass is 9.96. The van der Waals surface area contributed by atoms with Crippen LogP contribution in [0.5, 0.6) is 11.5 Å². The maximum absolute atomic E-state index is 12.0. The fourth-order valence-electron chi connectivity index (χ4n) is 2.10. The Balaban J connectivity index is 2.05. The molecular formula is C21H27N5O4. The van der Waals surface area contributed by atoms with Gasteiger partial charge in [-0.25, -0.2) is 14.8 Å². The topological polar surface area (TPSA) is 122 Å². The number of hydrogen-bond donors (Lipinski definition) is 3. The highest BCUT2D eigenvalue weighted by Crippen LogP contribution is 2.26.